The summed E-state index contributed by atoms with van der Waals surface area (Å²) in [6.45, 7) is 3.12. The van der Waals surface area contributed by atoms with E-state index in [-0.39, 0.29) is 5.56 Å². The Labute approximate surface area is 112 Å². The Morgan fingerprint density at radius 3 is 2.68 bits per heavy atom. The zero-order valence-electron chi connectivity index (χ0n) is 11.0. The molecule has 0 aliphatic carbocycles. The maximum atomic E-state index is 11.7. The van der Waals surface area contributed by atoms with Gasteiger partial charge in [-0.15, -0.1) is 0 Å². The first-order valence-corrected chi connectivity index (χ1v) is 6.32. The molecule has 4 nitrogen and oxygen atoms in total. The molecule has 0 saturated heterocycles. The number of aryl methyl sites for hydroxylation is 1. The highest BCUT2D eigenvalue weighted by molar-refractivity contribution is 5.51. The van der Waals surface area contributed by atoms with E-state index >= 15 is 0 Å². The van der Waals surface area contributed by atoms with Gasteiger partial charge in [-0.05, 0) is 31.5 Å². The average molecular weight is 258 g/mol. The van der Waals surface area contributed by atoms with Crippen LogP contribution in [0.1, 0.15) is 12.1 Å². The van der Waals surface area contributed by atoms with Crippen LogP contribution in [0, 0.1) is 6.92 Å². The molecule has 4 heteroatoms. The summed E-state index contributed by atoms with van der Waals surface area (Å²) < 4.78 is 7.35. The van der Waals surface area contributed by atoms with Gasteiger partial charge in [-0.3, -0.25) is 4.79 Å². The molecular formula is C15H18N2O2. The van der Waals surface area contributed by atoms with Crippen LogP contribution in [-0.2, 0) is 6.54 Å². The van der Waals surface area contributed by atoms with Crippen molar-refractivity contribution in [3.05, 3.63) is 58.5 Å². The maximum absolute atomic E-state index is 11.7. The van der Waals surface area contributed by atoms with Crippen LogP contribution in [0.4, 0.5) is 5.69 Å². The summed E-state index contributed by atoms with van der Waals surface area (Å²) >= 11 is 0. The second kappa shape index (κ2) is 6.09. The predicted molar refractivity (Wildman–Crippen MR) is 76.4 cm³/mol. The Bertz CT molecular complexity index is 605. The number of hydrogen-bond acceptors (Lipinski definition) is 3. The van der Waals surface area contributed by atoms with Crippen LogP contribution in [0.5, 0.6) is 5.75 Å². The number of benzene rings is 1. The van der Waals surface area contributed by atoms with Gasteiger partial charge in [0.15, 0.2) is 0 Å². The third kappa shape index (κ3) is 3.37. The van der Waals surface area contributed by atoms with Gasteiger partial charge in [-0.25, -0.2) is 0 Å². The first-order valence-electron chi connectivity index (χ1n) is 6.32. The van der Waals surface area contributed by atoms with Gasteiger partial charge in [0.25, 0.3) is 5.56 Å². The van der Waals surface area contributed by atoms with E-state index in [1.807, 2.05) is 31.2 Å². The molecule has 2 N–H and O–H groups in total. The number of nitrogens with zero attached hydrogens (tertiary/aromatic N) is 1. The van der Waals surface area contributed by atoms with Crippen LogP contribution >= 0.6 is 0 Å². The van der Waals surface area contributed by atoms with Gasteiger partial charge >= 0.3 is 0 Å². The molecule has 0 unspecified atom stereocenters. The van der Waals surface area contributed by atoms with Crippen LogP contribution < -0.4 is 16.0 Å². The lowest BCUT2D eigenvalue weighted by Gasteiger charge is -2.11. The highest BCUT2D eigenvalue weighted by Crippen LogP contribution is 2.19. The molecule has 19 heavy (non-hydrogen) atoms. The molecule has 0 aliphatic heterocycles. The average Bonchev–Trinajstić information content (AvgIpc) is 2.39. The third-order valence-corrected chi connectivity index (χ3v) is 2.97. The lowest BCUT2D eigenvalue weighted by atomic mass is 10.3. The summed E-state index contributed by atoms with van der Waals surface area (Å²) in [5.74, 6) is 0.694. The minimum atomic E-state index is 0.0271. The van der Waals surface area contributed by atoms with Crippen molar-refractivity contribution in [2.45, 2.75) is 19.9 Å². The van der Waals surface area contributed by atoms with Crippen LogP contribution in [0.15, 0.2) is 47.3 Å². The molecule has 1 aromatic heterocycles. The summed E-state index contributed by atoms with van der Waals surface area (Å²) in [5, 5.41) is 0. The highest BCUT2D eigenvalue weighted by atomic mass is 16.5. The van der Waals surface area contributed by atoms with Crippen LogP contribution in [0.3, 0.4) is 0 Å². The minimum Gasteiger partial charge on any atom is -0.491 e. The molecule has 0 atom stereocenters. The third-order valence-electron chi connectivity index (χ3n) is 2.97. The molecule has 0 aliphatic rings. The van der Waals surface area contributed by atoms with Gasteiger partial charge < -0.3 is 15.0 Å². The Morgan fingerprint density at radius 1 is 1.16 bits per heavy atom. The van der Waals surface area contributed by atoms with Gasteiger partial charge in [0, 0.05) is 18.3 Å². The van der Waals surface area contributed by atoms with Gasteiger partial charge in [-0.1, -0.05) is 18.2 Å². The van der Waals surface area contributed by atoms with E-state index in [0.717, 1.165) is 12.1 Å². The van der Waals surface area contributed by atoms with Crippen molar-refractivity contribution in [2.24, 2.45) is 0 Å². The van der Waals surface area contributed by atoms with Crippen molar-refractivity contribution in [3.63, 3.8) is 0 Å². The summed E-state index contributed by atoms with van der Waals surface area (Å²) in [7, 11) is 0. The van der Waals surface area contributed by atoms with Crippen molar-refractivity contribution in [3.8, 4) is 5.75 Å². The number of nitrogen functional groups attached to an aromatic ring is 1. The normalized spacial score (nSPS) is 10.4. The number of nitrogens with two attached hydrogens (primary N) is 1. The van der Waals surface area contributed by atoms with E-state index < -0.39 is 0 Å². The summed E-state index contributed by atoms with van der Waals surface area (Å²) in [5.41, 5.74) is 7.41. The minimum absolute atomic E-state index is 0.0271. The summed E-state index contributed by atoms with van der Waals surface area (Å²) in [4.78, 5) is 11.7. The number of para-hydroxylation sites is 2. The Morgan fingerprint density at radius 2 is 1.95 bits per heavy atom. The Kier molecular flexibility index (Phi) is 4.23. The fourth-order valence-electron chi connectivity index (χ4n) is 1.93. The number of aromatic nitrogens is 1. The molecule has 1 heterocycles. The Balaban J connectivity index is 1.88. The smallest absolute Gasteiger partial charge is 0.250 e. The van der Waals surface area contributed by atoms with Crippen molar-refractivity contribution < 1.29 is 4.74 Å². The molecular weight excluding hydrogens is 240 g/mol. The van der Waals surface area contributed by atoms with E-state index in [4.69, 9.17) is 10.5 Å². The summed E-state index contributed by atoms with van der Waals surface area (Å²) in [6.07, 6.45) is 0.763. The van der Waals surface area contributed by atoms with E-state index in [1.54, 1.807) is 22.8 Å². The van der Waals surface area contributed by atoms with Gasteiger partial charge in [0.1, 0.15) is 5.75 Å². The van der Waals surface area contributed by atoms with E-state index in [9.17, 15) is 4.79 Å². The molecule has 1 aromatic carbocycles. The molecule has 0 spiro atoms. The number of rotatable bonds is 5. The molecule has 0 bridgehead atoms. The summed E-state index contributed by atoms with van der Waals surface area (Å²) in [6, 6.07) is 12.7. The zero-order valence-corrected chi connectivity index (χ0v) is 11.0. The number of hydrogen-bond donors (Lipinski definition) is 1. The van der Waals surface area contributed by atoms with Crippen molar-refractivity contribution >= 4 is 5.69 Å². The van der Waals surface area contributed by atoms with Crippen LogP contribution in [0.2, 0.25) is 0 Å². The van der Waals surface area contributed by atoms with Gasteiger partial charge in [0.05, 0.1) is 12.3 Å². The molecule has 0 amide bonds. The van der Waals surface area contributed by atoms with E-state index in [2.05, 4.69) is 0 Å². The fraction of sp³-hybridized carbons (Fsp3) is 0.267. The first kappa shape index (κ1) is 13.2. The van der Waals surface area contributed by atoms with Gasteiger partial charge in [0.2, 0.25) is 0 Å². The highest BCUT2D eigenvalue weighted by Gasteiger charge is 2.01. The first-order chi connectivity index (χ1) is 9.18. The number of anilines is 1. The van der Waals surface area contributed by atoms with E-state index in [0.29, 0.717) is 24.6 Å². The SMILES string of the molecule is Cc1cccc(=O)n1CCCOc1ccccc1N. The second-order valence-corrected chi connectivity index (χ2v) is 4.40. The standard InChI is InChI=1S/C15H18N2O2/c1-12-6-4-9-15(18)17(12)10-5-11-19-14-8-3-2-7-13(14)16/h2-4,6-9H,5,10-11,16H2,1H3. The fourth-order valence-corrected chi connectivity index (χ4v) is 1.93. The predicted octanol–water partition coefficient (Wildman–Crippen LogP) is 2.21. The van der Waals surface area contributed by atoms with Crippen LogP contribution in [-0.4, -0.2) is 11.2 Å². The lowest BCUT2D eigenvalue weighted by Crippen LogP contribution is -2.21. The van der Waals surface area contributed by atoms with Crippen molar-refractivity contribution in [2.75, 3.05) is 12.3 Å². The molecule has 2 rings (SSSR count). The molecule has 0 saturated carbocycles. The molecule has 100 valence electrons. The van der Waals surface area contributed by atoms with Crippen molar-refractivity contribution in [1.82, 2.24) is 4.57 Å². The zero-order chi connectivity index (χ0) is 13.7. The van der Waals surface area contributed by atoms with Crippen molar-refractivity contribution in [1.29, 1.82) is 0 Å². The van der Waals surface area contributed by atoms with Gasteiger partial charge in [-0.2, -0.15) is 0 Å². The second-order valence-electron chi connectivity index (χ2n) is 4.40. The molecule has 0 fully saturated rings. The monoisotopic (exact) mass is 258 g/mol. The molecule has 2 aromatic rings. The number of ether oxygens (including phenoxy) is 1. The van der Waals surface area contributed by atoms with E-state index in [1.165, 1.54) is 0 Å². The maximum Gasteiger partial charge on any atom is 0.250 e. The van der Waals surface area contributed by atoms with Crippen LogP contribution in [0.25, 0.3) is 0 Å². The number of pyridine rings is 1. The topological polar surface area (TPSA) is 57.2 Å². The quantitative estimate of drug-likeness (QED) is 0.660. The Hall–Kier alpha value is -2.23. The largest absolute Gasteiger partial charge is 0.491 e. The molecule has 0 radical (unpaired) electrons. The lowest BCUT2D eigenvalue weighted by molar-refractivity contribution is 0.302.